The molecule has 0 bridgehead atoms. The van der Waals surface area contributed by atoms with Gasteiger partial charge >= 0.3 is 0 Å². The van der Waals surface area contributed by atoms with Gasteiger partial charge in [-0.05, 0) is 30.7 Å². The summed E-state index contributed by atoms with van der Waals surface area (Å²) in [6, 6.07) is 13.0. The molecule has 2 aromatic carbocycles. The molecule has 23 heavy (non-hydrogen) atoms. The Hall–Kier alpha value is -2.47. The van der Waals surface area contributed by atoms with Gasteiger partial charge in [0.15, 0.2) is 0 Å². The third-order valence-corrected chi connectivity index (χ3v) is 5.02. The Kier molecular flexibility index (Phi) is 4.00. The van der Waals surface area contributed by atoms with E-state index in [-0.39, 0.29) is 10.9 Å². The second kappa shape index (κ2) is 5.96. The molecule has 0 amide bonds. The first kappa shape index (κ1) is 15.4. The fourth-order valence-electron chi connectivity index (χ4n) is 2.31. The highest BCUT2D eigenvalue weighted by Gasteiger charge is 2.22. The van der Waals surface area contributed by atoms with Crippen molar-refractivity contribution in [2.24, 2.45) is 0 Å². The summed E-state index contributed by atoms with van der Waals surface area (Å²) >= 11 is 0. The van der Waals surface area contributed by atoms with E-state index in [1.807, 2.05) is 19.1 Å². The molecule has 118 valence electrons. The summed E-state index contributed by atoms with van der Waals surface area (Å²) in [5.41, 5.74) is 2.17. The van der Waals surface area contributed by atoms with Crippen LogP contribution in [0, 0.1) is 12.7 Å². The number of imidazole rings is 1. The Morgan fingerprint density at radius 1 is 1.13 bits per heavy atom. The number of nitrogens with zero attached hydrogens (tertiary/aromatic N) is 2. The van der Waals surface area contributed by atoms with E-state index >= 15 is 0 Å². The summed E-state index contributed by atoms with van der Waals surface area (Å²) in [7, 11) is -3.65. The van der Waals surface area contributed by atoms with Crippen molar-refractivity contribution >= 4 is 9.84 Å². The minimum absolute atomic E-state index is 0.0938. The van der Waals surface area contributed by atoms with E-state index in [2.05, 4.69) is 4.98 Å². The van der Waals surface area contributed by atoms with E-state index in [0.29, 0.717) is 11.3 Å². The Balaban J connectivity index is 1.98. The standard InChI is InChI=1S/C17H15FN2O2S/c1-13-5-7-14(8-6-13)12-23(21,22)17-19-9-10-20(17)16-4-2-3-15(18)11-16/h2-11H,12H2,1H3. The van der Waals surface area contributed by atoms with Crippen molar-refractivity contribution in [1.82, 2.24) is 9.55 Å². The molecule has 0 aliphatic rings. The minimum atomic E-state index is -3.65. The number of sulfone groups is 1. The van der Waals surface area contributed by atoms with Gasteiger partial charge < -0.3 is 0 Å². The van der Waals surface area contributed by atoms with E-state index in [1.165, 1.54) is 35.2 Å². The van der Waals surface area contributed by atoms with Crippen molar-refractivity contribution < 1.29 is 12.8 Å². The summed E-state index contributed by atoms with van der Waals surface area (Å²) < 4.78 is 40.1. The zero-order chi connectivity index (χ0) is 16.4. The molecule has 0 fully saturated rings. The molecule has 0 saturated carbocycles. The number of halogens is 1. The number of aryl methyl sites for hydroxylation is 1. The lowest BCUT2D eigenvalue weighted by Gasteiger charge is -2.09. The zero-order valence-corrected chi connectivity index (χ0v) is 13.3. The first-order chi connectivity index (χ1) is 11.0. The van der Waals surface area contributed by atoms with Gasteiger partial charge in [0.1, 0.15) is 5.82 Å². The second-order valence-corrected chi connectivity index (χ2v) is 7.19. The summed E-state index contributed by atoms with van der Waals surface area (Å²) in [6.45, 7) is 1.94. The molecule has 1 aromatic heterocycles. The number of hydrogen-bond donors (Lipinski definition) is 0. The van der Waals surface area contributed by atoms with Gasteiger partial charge in [0, 0.05) is 12.4 Å². The van der Waals surface area contributed by atoms with Crippen molar-refractivity contribution in [3.63, 3.8) is 0 Å². The SMILES string of the molecule is Cc1ccc(CS(=O)(=O)c2nccn2-c2cccc(F)c2)cc1. The molecule has 1 heterocycles. The molecule has 0 spiro atoms. The maximum absolute atomic E-state index is 13.4. The molecule has 3 rings (SSSR count). The number of aromatic nitrogens is 2. The van der Waals surface area contributed by atoms with Crippen molar-refractivity contribution in [3.05, 3.63) is 77.9 Å². The van der Waals surface area contributed by atoms with Crippen LogP contribution in [-0.4, -0.2) is 18.0 Å². The molecule has 4 nitrogen and oxygen atoms in total. The average molecular weight is 330 g/mol. The van der Waals surface area contributed by atoms with Gasteiger partial charge in [0.25, 0.3) is 0 Å². The summed E-state index contributed by atoms with van der Waals surface area (Å²) in [4.78, 5) is 3.96. The van der Waals surface area contributed by atoms with Gasteiger partial charge in [0.2, 0.25) is 15.0 Å². The van der Waals surface area contributed by atoms with Crippen LogP contribution in [0.5, 0.6) is 0 Å². The highest BCUT2D eigenvalue weighted by atomic mass is 32.2. The molecule has 0 aliphatic carbocycles. The van der Waals surface area contributed by atoms with Crippen molar-refractivity contribution in [2.45, 2.75) is 17.8 Å². The molecular weight excluding hydrogens is 315 g/mol. The fraction of sp³-hybridized carbons (Fsp3) is 0.118. The predicted octanol–water partition coefficient (Wildman–Crippen LogP) is 3.29. The highest BCUT2D eigenvalue weighted by Crippen LogP contribution is 2.20. The lowest BCUT2D eigenvalue weighted by Crippen LogP contribution is -2.12. The van der Waals surface area contributed by atoms with E-state index in [0.717, 1.165) is 5.56 Å². The average Bonchev–Trinajstić information content (AvgIpc) is 3.00. The Morgan fingerprint density at radius 2 is 1.87 bits per heavy atom. The van der Waals surface area contributed by atoms with Gasteiger partial charge in [-0.1, -0.05) is 35.9 Å². The molecule has 0 saturated heterocycles. The molecule has 0 unspecified atom stereocenters. The molecule has 0 aliphatic heterocycles. The largest absolute Gasteiger partial charge is 0.291 e. The van der Waals surface area contributed by atoms with Crippen LogP contribution in [0.1, 0.15) is 11.1 Å². The van der Waals surface area contributed by atoms with Crippen LogP contribution < -0.4 is 0 Å². The Morgan fingerprint density at radius 3 is 2.57 bits per heavy atom. The molecule has 0 N–H and O–H groups in total. The zero-order valence-electron chi connectivity index (χ0n) is 12.5. The third kappa shape index (κ3) is 3.32. The minimum Gasteiger partial charge on any atom is -0.291 e. The number of hydrogen-bond acceptors (Lipinski definition) is 3. The van der Waals surface area contributed by atoms with Gasteiger partial charge in [-0.15, -0.1) is 0 Å². The quantitative estimate of drug-likeness (QED) is 0.737. The van der Waals surface area contributed by atoms with Crippen LogP contribution in [0.3, 0.4) is 0 Å². The van der Waals surface area contributed by atoms with Gasteiger partial charge in [-0.3, -0.25) is 4.57 Å². The lowest BCUT2D eigenvalue weighted by molar-refractivity contribution is 0.582. The fourth-order valence-corrected chi connectivity index (χ4v) is 3.76. The van der Waals surface area contributed by atoms with Gasteiger partial charge in [0.05, 0.1) is 11.4 Å². The first-order valence-electron chi connectivity index (χ1n) is 7.03. The Bertz CT molecular complexity index is 931. The normalized spacial score (nSPS) is 11.6. The van der Waals surface area contributed by atoms with E-state index in [9.17, 15) is 12.8 Å². The maximum Gasteiger partial charge on any atom is 0.232 e. The topological polar surface area (TPSA) is 52.0 Å². The van der Waals surface area contributed by atoms with E-state index in [1.54, 1.807) is 18.2 Å². The highest BCUT2D eigenvalue weighted by molar-refractivity contribution is 7.90. The van der Waals surface area contributed by atoms with Gasteiger partial charge in [-0.25, -0.2) is 17.8 Å². The third-order valence-electron chi connectivity index (χ3n) is 3.45. The number of benzene rings is 2. The van der Waals surface area contributed by atoms with Crippen LogP contribution in [0.4, 0.5) is 4.39 Å². The summed E-state index contributed by atoms with van der Waals surface area (Å²) in [5.74, 6) is -0.585. The predicted molar refractivity (Wildman–Crippen MR) is 85.6 cm³/mol. The van der Waals surface area contributed by atoms with Crippen LogP contribution in [-0.2, 0) is 15.6 Å². The Labute approximate surface area is 134 Å². The molecule has 6 heteroatoms. The summed E-state index contributed by atoms with van der Waals surface area (Å²) in [6.07, 6.45) is 2.91. The van der Waals surface area contributed by atoms with Crippen molar-refractivity contribution in [1.29, 1.82) is 0 Å². The van der Waals surface area contributed by atoms with Crippen LogP contribution in [0.15, 0.2) is 66.1 Å². The van der Waals surface area contributed by atoms with Crippen LogP contribution >= 0.6 is 0 Å². The first-order valence-corrected chi connectivity index (χ1v) is 8.68. The molecule has 3 aromatic rings. The number of rotatable bonds is 4. The molecular formula is C17H15FN2O2S. The lowest BCUT2D eigenvalue weighted by atomic mass is 10.2. The maximum atomic E-state index is 13.4. The smallest absolute Gasteiger partial charge is 0.232 e. The van der Waals surface area contributed by atoms with Crippen LogP contribution in [0.25, 0.3) is 5.69 Å². The van der Waals surface area contributed by atoms with Crippen LogP contribution in [0.2, 0.25) is 0 Å². The van der Waals surface area contributed by atoms with Crippen molar-refractivity contribution in [3.8, 4) is 5.69 Å². The molecule has 0 radical (unpaired) electrons. The second-order valence-electron chi connectivity index (χ2n) is 5.30. The van der Waals surface area contributed by atoms with E-state index in [4.69, 9.17) is 0 Å². The molecule has 0 atom stereocenters. The van der Waals surface area contributed by atoms with Gasteiger partial charge in [-0.2, -0.15) is 0 Å². The van der Waals surface area contributed by atoms with E-state index < -0.39 is 15.7 Å². The monoisotopic (exact) mass is 330 g/mol. The van der Waals surface area contributed by atoms with Crippen molar-refractivity contribution in [2.75, 3.05) is 0 Å². The summed E-state index contributed by atoms with van der Waals surface area (Å²) in [5, 5.41) is -0.0938.